The summed E-state index contributed by atoms with van der Waals surface area (Å²) in [6, 6.07) is 1.96. The van der Waals surface area contributed by atoms with Gasteiger partial charge in [-0.15, -0.1) is 0 Å². The number of hydrogen-bond acceptors (Lipinski definition) is 5. The second-order valence-corrected chi connectivity index (χ2v) is 4.34. The number of nitro groups is 1. The van der Waals surface area contributed by atoms with Crippen molar-refractivity contribution >= 4 is 39.8 Å². The van der Waals surface area contributed by atoms with E-state index >= 15 is 0 Å². The smallest absolute Gasteiger partial charge is 0.300 e. The molecular weight excluding hydrogens is 299 g/mol. The number of nitrogens with one attached hydrogen (secondary N) is 1. The zero-order valence-electron chi connectivity index (χ0n) is 8.94. The van der Waals surface area contributed by atoms with Crippen LogP contribution in [0.25, 0.3) is 10.9 Å². The van der Waals surface area contributed by atoms with E-state index in [1.54, 1.807) is 0 Å². The van der Waals surface area contributed by atoms with E-state index < -0.39 is 27.3 Å². The van der Waals surface area contributed by atoms with E-state index in [1.165, 1.54) is 0 Å². The molecule has 19 heavy (non-hydrogen) atoms. The summed E-state index contributed by atoms with van der Waals surface area (Å²) in [6.07, 6.45) is 0. The fourth-order valence-electron chi connectivity index (χ4n) is 1.55. The molecule has 98 valence electrons. The largest absolute Gasteiger partial charge is 0.504 e. The van der Waals surface area contributed by atoms with Crippen molar-refractivity contribution in [2.24, 2.45) is 0 Å². The number of fused-ring (bicyclic) bond motifs is 1. The molecule has 1 heterocycles. The first kappa shape index (κ1) is 13.3. The molecule has 0 atom stereocenters. The summed E-state index contributed by atoms with van der Waals surface area (Å²) in [5.74, 6) is -0.919. The van der Waals surface area contributed by atoms with Crippen molar-refractivity contribution in [2.45, 2.75) is 0 Å². The van der Waals surface area contributed by atoms with E-state index in [9.17, 15) is 24.8 Å². The summed E-state index contributed by atoms with van der Waals surface area (Å²) >= 11 is 11.4. The molecule has 0 amide bonds. The van der Waals surface area contributed by atoms with E-state index in [-0.39, 0.29) is 20.9 Å². The Hall–Kier alpha value is -2.12. The molecule has 9 heteroatoms. The Bertz CT molecular complexity index is 831. The molecule has 0 saturated heterocycles. The maximum Gasteiger partial charge on any atom is 0.300 e. The molecule has 1 aromatic heterocycles. The maximum atomic E-state index is 11.4. The second kappa shape index (κ2) is 4.52. The van der Waals surface area contributed by atoms with Crippen LogP contribution in [-0.4, -0.2) is 15.0 Å². The molecule has 0 unspecified atom stereocenters. The number of aromatic nitrogens is 1. The first-order valence-corrected chi connectivity index (χ1v) is 5.51. The van der Waals surface area contributed by atoms with Gasteiger partial charge in [0.25, 0.3) is 16.7 Å². The predicted molar refractivity (Wildman–Crippen MR) is 69.2 cm³/mol. The molecule has 0 aliphatic carbocycles. The van der Waals surface area contributed by atoms with Gasteiger partial charge in [-0.05, 0) is 6.07 Å². The number of H-pyrrole nitrogens is 1. The van der Waals surface area contributed by atoms with E-state index in [0.717, 1.165) is 12.1 Å². The third-order valence-corrected chi connectivity index (χ3v) is 3.16. The van der Waals surface area contributed by atoms with Crippen LogP contribution in [-0.2, 0) is 0 Å². The zero-order chi connectivity index (χ0) is 14.3. The maximum absolute atomic E-state index is 11.4. The van der Waals surface area contributed by atoms with Gasteiger partial charge in [0.15, 0.2) is 5.75 Å². The number of halogens is 2. The lowest BCUT2D eigenvalue weighted by atomic mass is 10.2. The standard InChI is InChI=1S/C10H4Cl2N2O5/c11-4-2-5-3(8(7(4)12)14(18)19)1-6(15)9(16)10(17)13-5/h1-2H,(H2,13,15,16,17). The van der Waals surface area contributed by atoms with Crippen molar-refractivity contribution < 1.29 is 10.0 Å². The minimum absolute atomic E-state index is 0.0801. The van der Waals surface area contributed by atoms with E-state index in [2.05, 4.69) is 4.98 Å². The number of benzene rings is 1. The molecule has 2 N–H and O–H groups in total. The van der Waals surface area contributed by atoms with Crippen molar-refractivity contribution in [1.29, 1.82) is 0 Å². The van der Waals surface area contributed by atoms with Gasteiger partial charge in [-0.1, -0.05) is 23.2 Å². The molecule has 0 spiro atoms. The highest BCUT2D eigenvalue weighted by Crippen LogP contribution is 2.37. The van der Waals surface area contributed by atoms with Crippen LogP contribution in [0, 0.1) is 10.1 Å². The average Bonchev–Trinajstić information content (AvgIpc) is 2.42. The zero-order valence-corrected chi connectivity index (χ0v) is 10.4. The minimum atomic E-state index is -1.21. The number of aromatic hydroxyl groups is 1. The van der Waals surface area contributed by atoms with Crippen LogP contribution >= 0.6 is 23.2 Å². The predicted octanol–water partition coefficient (Wildman–Crippen LogP) is 1.81. The van der Waals surface area contributed by atoms with Crippen molar-refractivity contribution in [3.05, 3.63) is 52.9 Å². The van der Waals surface area contributed by atoms with Gasteiger partial charge < -0.3 is 10.1 Å². The highest BCUT2D eigenvalue weighted by atomic mass is 35.5. The van der Waals surface area contributed by atoms with Crippen LogP contribution < -0.4 is 11.0 Å². The Labute approximate surface area is 114 Å². The summed E-state index contributed by atoms with van der Waals surface area (Å²) in [4.78, 5) is 34.9. The quantitative estimate of drug-likeness (QED) is 0.474. The molecule has 0 aliphatic heterocycles. The molecule has 0 bridgehead atoms. The molecule has 2 aromatic rings. The van der Waals surface area contributed by atoms with Crippen molar-refractivity contribution in [2.75, 3.05) is 0 Å². The van der Waals surface area contributed by atoms with Crippen molar-refractivity contribution in [3.8, 4) is 5.75 Å². The Morgan fingerprint density at radius 3 is 2.47 bits per heavy atom. The molecule has 0 fully saturated rings. The third kappa shape index (κ3) is 2.13. The number of nitrogens with zero attached hydrogens (tertiary/aromatic N) is 1. The fourth-order valence-corrected chi connectivity index (χ4v) is 1.98. The molecule has 0 radical (unpaired) electrons. The number of hydrogen-bond donors (Lipinski definition) is 2. The van der Waals surface area contributed by atoms with Crippen molar-refractivity contribution in [1.82, 2.24) is 4.98 Å². The Morgan fingerprint density at radius 1 is 1.26 bits per heavy atom. The lowest BCUT2D eigenvalue weighted by Gasteiger charge is -2.01. The van der Waals surface area contributed by atoms with E-state index in [4.69, 9.17) is 23.2 Å². The molecule has 0 saturated carbocycles. The first-order valence-electron chi connectivity index (χ1n) is 4.75. The van der Waals surface area contributed by atoms with E-state index in [0.29, 0.717) is 0 Å². The Morgan fingerprint density at radius 2 is 1.89 bits per heavy atom. The Balaban J connectivity index is 3.19. The first-order chi connectivity index (χ1) is 8.82. The monoisotopic (exact) mass is 302 g/mol. The highest BCUT2D eigenvalue weighted by Gasteiger charge is 2.21. The number of nitro benzene ring substituents is 1. The molecular formula is C10H4Cl2N2O5. The highest BCUT2D eigenvalue weighted by molar-refractivity contribution is 6.44. The summed E-state index contributed by atoms with van der Waals surface area (Å²) < 4.78 is 0. The van der Waals surface area contributed by atoms with Crippen LogP contribution in [0.4, 0.5) is 5.69 Å². The fraction of sp³-hybridized carbons (Fsp3) is 0. The van der Waals surface area contributed by atoms with Gasteiger partial charge in [0, 0.05) is 6.07 Å². The lowest BCUT2D eigenvalue weighted by Crippen LogP contribution is -2.22. The van der Waals surface area contributed by atoms with Gasteiger partial charge in [-0.25, -0.2) is 0 Å². The minimum Gasteiger partial charge on any atom is -0.504 e. The summed E-state index contributed by atoms with van der Waals surface area (Å²) in [6.45, 7) is 0. The van der Waals surface area contributed by atoms with Gasteiger partial charge >= 0.3 is 0 Å². The third-order valence-electron chi connectivity index (χ3n) is 2.38. The summed E-state index contributed by atoms with van der Waals surface area (Å²) in [7, 11) is 0. The van der Waals surface area contributed by atoms with Crippen LogP contribution in [0.3, 0.4) is 0 Å². The van der Waals surface area contributed by atoms with Crippen molar-refractivity contribution in [3.63, 3.8) is 0 Å². The number of aromatic amines is 1. The topological polar surface area (TPSA) is 113 Å². The van der Waals surface area contributed by atoms with E-state index in [1.807, 2.05) is 0 Å². The van der Waals surface area contributed by atoms with Gasteiger partial charge in [-0.3, -0.25) is 19.7 Å². The van der Waals surface area contributed by atoms with Gasteiger partial charge in [0.2, 0.25) is 0 Å². The van der Waals surface area contributed by atoms with Crippen LogP contribution in [0.5, 0.6) is 5.75 Å². The number of rotatable bonds is 1. The normalized spacial score (nSPS) is 10.6. The van der Waals surface area contributed by atoms with Crippen LogP contribution in [0.1, 0.15) is 0 Å². The second-order valence-electron chi connectivity index (χ2n) is 3.55. The van der Waals surface area contributed by atoms with Crippen LogP contribution in [0.2, 0.25) is 10.0 Å². The summed E-state index contributed by atoms with van der Waals surface area (Å²) in [5.41, 5.74) is -3.02. The SMILES string of the molecule is O=c1[nH]c2cc(Cl)c(Cl)c([N+](=O)[O-])c2cc(O)c1=O. The summed E-state index contributed by atoms with van der Waals surface area (Å²) in [5, 5.41) is 19.7. The van der Waals surface area contributed by atoms with Gasteiger partial charge in [0.05, 0.1) is 20.8 Å². The molecule has 0 aliphatic rings. The molecule has 1 aromatic carbocycles. The van der Waals surface area contributed by atoms with Crippen LogP contribution in [0.15, 0.2) is 21.7 Å². The van der Waals surface area contributed by atoms with Gasteiger partial charge in [0.1, 0.15) is 5.02 Å². The molecule has 7 nitrogen and oxygen atoms in total. The Kier molecular flexibility index (Phi) is 3.17. The average molecular weight is 303 g/mol. The lowest BCUT2D eigenvalue weighted by molar-refractivity contribution is -0.382. The molecule has 2 rings (SSSR count). The van der Waals surface area contributed by atoms with Gasteiger partial charge in [-0.2, -0.15) is 0 Å².